The second-order valence-electron chi connectivity index (χ2n) is 8.06. The van der Waals surface area contributed by atoms with Crippen molar-refractivity contribution in [1.82, 2.24) is 10.2 Å². The van der Waals surface area contributed by atoms with E-state index in [1.54, 1.807) is 36.4 Å². The number of ether oxygens (including phenoxy) is 1. The third-order valence-corrected chi connectivity index (χ3v) is 6.48. The van der Waals surface area contributed by atoms with Gasteiger partial charge in [-0.3, -0.25) is 9.59 Å². The number of hydrogen-bond acceptors (Lipinski definition) is 3. The van der Waals surface area contributed by atoms with Gasteiger partial charge in [-0.1, -0.05) is 71.2 Å². The molecule has 1 N–H and O–H groups in total. The van der Waals surface area contributed by atoms with Crippen LogP contribution >= 0.6 is 34.8 Å². The summed E-state index contributed by atoms with van der Waals surface area (Å²) in [5.74, 6) is -0.0877. The number of rotatable bonds is 10. The number of hydrogen-bond donors (Lipinski definition) is 1. The van der Waals surface area contributed by atoms with Gasteiger partial charge < -0.3 is 15.0 Å². The van der Waals surface area contributed by atoms with E-state index in [-0.39, 0.29) is 25.0 Å². The fourth-order valence-corrected chi connectivity index (χ4v) is 4.20. The summed E-state index contributed by atoms with van der Waals surface area (Å²) >= 11 is 18.6. The molecule has 0 saturated carbocycles. The molecule has 3 rings (SSSR count). The van der Waals surface area contributed by atoms with E-state index in [1.165, 1.54) is 4.90 Å². The number of carbonyl (C=O) groups excluding carboxylic acids is 2. The second kappa shape index (κ2) is 12.8. The second-order valence-corrected chi connectivity index (χ2v) is 9.31. The predicted octanol–water partition coefficient (Wildman–Crippen LogP) is 6.11. The summed E-state index contributed by atoms with van der Waals surface area (Å²) in [6.45, 7) is 4.00. The number of aryl methyl sites for hydroxylation is 1. The fraction of sp³-hybridized carbons (Fsp3) is 0.259. The Bertz CT molecular complexity index is 1170. The van der Waals surface area contributed by atoms with Crippen molar-refractivity contribution in [3.63, 3.8) is 0 Å². The zero-order valence-corrected chi connectivity index (χ0v) is 21.8. The van der Waals surface area contributed by atoms with E-state index in [4.69, 9.17) is 39.5 Å². The SMILES string of the molecule is CCNC(=O)[C@H](Cc1ccccc1)N(Cc1ccc(Cl)cc1Cl)C(=O)COc1ccc(Cl)c(C)c1. The average molecular weight is 534 g/mol. The normalized spacial score (nSPS) is 11.6. The molecule has 2 amide bonds. The molecule has 0 spiro atoms. The fourth-order valence-electron chi connectivity index (χ4n) is 3.61. The highest BCUT2D eigenvalue weighted by Gasteiger charge is 2.31. The third-order valence-electron chi connectivity index (χ3n) is 5.47. The molecule has 5 nitrogen and oxygen atoms in total. The quantitative estimate of drug-likeness (QED) is 0.342. The van der Waals surface area contributed by atoms with Crippen molar-refractivity contribution in [3.8, 4) is 5.75 Å². The molecule has 0 aliphatic heterocycles. The Morgan fingerprint density at radius 2 is 1.71 bits per heavy atom. The Morgan fingerprint density at radius 1 is 0.971 bits per heavy atom. The van der Waals surface area contributed by atoms with Crippen LogP contribution in [-0.4, -0.2) is 35.9 Å². The van der Waals surface area contributed by atoms with Crippen LogP contribution in [0, 0.1) is 6.92 Å². The van der Waals surface area contributed by atoms with Crippen LogP contribution < -0.4 is 10.1 Å². The summed E-state index contributed by atoms with van der Waals surface area (Å²) in [5, 5.41) is 4.37. The van der Waals surface area contributed by atoms with Crippen LogP contribution in [0.5, 0.6) is 5.75 Å². The van der Waals surface area contributed by atoms with Crippen molar-refractivity contribution >= 4 is 46.6 Å². The van der Waals surface area contributed by atoms with E-state index in [0.717, 1.165) is 11.1 Å². The molecule has 0 bridgehead atoms. The molecule has 35 heavy (non-hydrogen) atoms. The molecular weight excluding hydrogens is 507 g/mol. The molecule has 0 saturated heterocycles. The van der Waals surface area contributed by atoms with E-state index >= 15 is 0 Å². The summed E-state index contributed by atoms with van der Waals surface area (Å²) in [4.78, 5) is 28.2. The highest BCUT2D eigenvalue weighted by atomic mass is 35.5. The predicted molar refractivity (Wildman–Crippen MR) is 141 cm³/mol. The smallest absolute Gasteiger partial charge is 0.261 e. The zero-order chi connectivity index (χ0) is 25.4. The highest BCUT2D eigenvalue weighted by Crippen LogP contribution is 2.25. The molecule has 0 radical (unpaired) electrons. The maximum absolute atomic E-state index is 13.5. The van der Waals surface area contributed by atoms with Crippen LogP contribution in [-0.2, 0) is 22.6 Å². The number of halogens is 3. The van der Waals surface area contributed by atoms with Gasteiger partial charge in [-0.05, 0) is 60.9 Å². The maximum Gasteiger partial charge on any atom is 0.261 e. The summed E-state index contributed by atoms with van der Waals surface area (Å²) in [6.07, 6.45) is 0.337. The number of benzene rings is 3. The third kappa shape index (κ3) is 7.63. The number of nitrogens with zero attached hydrogens (tertiary/aromatic N) is 1. The van der Waals surface area contributed by atoms with Crippen LogP contribution in [0.15, 0.2) is 66.7 Å². The Labute approximate surface area is 220 Å². The topological polar surface area (TPSA) is 58.6 Å². The lowest BCUT2D eigenvalue weighted by Gasteiger charge is -2.31. The number of likely N-dealkylation sites (N-methyl/N-ethyl adjacent to an activating group) is 1. The molecule has 0 heterocycles. The summed E-state index contributed by atoms with van der Waals surface area (Å²) in [6, 6.07) is 19.1. The van der Waals surface area contributed by atoms with Gasteiger partial charge in [0.1, 0.15) is 11.8 Å². The molecule has 0 aliphatic rings. The van der Waals surface area contributed by atoms with Gasteiger partial charge in [-0.15, -0.1) is 0 Å². The van der Waals surface area contributed by atoms with E-state index < -0.39 is 6.04 Å². The van der Waals surface area contributed by atoms with Gasteiger partial charge in [-0.2, -0.15) is 0 Å². The molecule has 184 valence electrons. The first-order valence-electron chi connectivity index (χ1n) is 11.2. The molecular formula is C27H27Cl3N2O3. The lowest BCUT2D eigenvalue weighted by atomic mass is 10.0. The molecule has 0 unspecified atom stereocenters. The van der Waals surface area contributed by atoms with Crippen molar-refractivity contribution < 1.29 is 14.3 Å². The van der Waals surface area contributed by atoms with Gasteiger partial charge >= 0.3 is 0 Å². The van der Waals surface area contributed by atoms with Crippen molar-refractivity contribution in [2.45, 2.75) is 32.9 Å². The van der Waals surface area contributed by atoms with E-state index in [1.807, 2.05) is 44.2 Å². The lowest BCUT2D eigenvalue weighted by molar-refractivity contribution is -0.142. The first-order valence-corrected chi connectivity index (χ1v) is 12.4. The van der Waals surface area contributed by atoms with Gasteiger partial charge in [-0.25, -0.2) is 0 Å². The highest BCUT2D eigenvalue weighted by molar-refractivity contribution is 6.35. The van der Waals surface area contributed by atoms with Gasteiger partial charge in [0.2, 0.25) is 5.91 Å². The largest absolute Gasteiger partial charge is 0.484 e. The van der Waals surface area contributed by atoms with Crippen LogP contribution in [0.2, 0.25) is 15.1 Å². The minimum atomic E-state index is -0.771. The zero-order valence-electron chi connectivity index (χ0n) is 19.6. The summed E-state index contributed by atoms with van der Waals surface area (Å²) in [7, 11) is 0. The molecule has 0 fully saturated rings. The molecule has 8 heteroatoms. The van der Waals surface area contributed by atoms with Crippen LogP contribution in [0.1, 0.15) is 23.6 Å². The van der Waals surface area contributed by atoms with Crippen molar-refractivity contribution in [1.29, 1.82) is 0 Å². The monoisotopic (exact) mass is 532 g/mol. The Morgan fingerprint density at radius 3 is 2.37 bits per heavy atom. The van der Waals surface area contributed by atoms with Gasteiger partial charge in [0.15, 0.2) is 6.61 Å². The first-order chi connectivity index (χ1) is 16.8. The van der Waals surface area contributed by atoms with Crippen LogP contribution in [0.3, 0.4) is 0 Å². The van der Waals surface area contributed by atoms with Crippen molar-refractivity contribution in [3.05, 3.63) is 98.5 Å². The Hall–Kier alpha value is -2.73. The first kappa shape index (κ1) is 26.9. The molecule has 0 aromatic heterocycles. The molecule has 3 aromatic carbocycles. The lowest BCUT2D eigenvalue weighted by Crippen LogP contribution is -2.51. The van der Waals surface area contributed by atoms with Crippen molar-refractivity contribution in [2.75, 3.05) is 13.2 Å². The van der Waals surface area contributed by atoms with Gasteiger partial charge in [0, 0.05) is 34.6 Å². The maximum atomic E-state index is 13.5. The molecule has 0 aliphatic carbocycles. The van der Waals surface area contributed by atoms with E-state index in [2.05, 4.69) is 5.32 Å². The van der Waals surface area contributed by atoms with Crippen LogP contribution in [0.4, 0.5) is 0 Å². The van der Waals surface area contributed by atoms with E-state index in [0.29, 0.717) is 39.3 Å². The number of carbonyl (C=O) groups is 2. The summed E-state index contributed by atoms with van der Waals surface area (Å²) in [5.41, 5.74) is 2.44. The van der Waals surface area contributed by atoms with Gasteiger partial charge in [0.25, 0.3) is 5.91 Å². The standard InChI is InChI=1S/C27H27Cl3N2O3/c1-3-31-27(34)25(14-19-7-5-4-6-8-19)32(16-20-9-10-21(28)15-24(20)30)26(33)17-35-22-11-12-23(29)18(2)13-22/h4-13,15,25H,3,14,16-17H2,1-2H3,(H,31,34)/t25-/m0/s1. The van der Waals surface area contributed by atoms with Crippen LogP contribution in [0.25, 0.3) is 0 Å². The minimum Gasteiger partial charge on any atom is -0.484 e. The number of nitrogens with one attached hydrogen (secondary N) is 1. The molecule has 1 atom stereocenters. The van der Waals surface area contributed by atoms with Gasteiger partial charge in [0.05, 0.1) is 0 Å². The Balaban J connectivity index is 1.92. The Kier molecular flexibility index (Phi) is 9.84. The minimum absolute atomic E-state index is 0.118. The molecule has 3 aromatic rings. The summed E-state index contributed by atoms with van der Waals surface area (Å²) < 4.78 is 5.78. The van der Waals surface area contributed by atoms with E-state index in [9.17, 15) is 9.59 Å². The average Bonchev–Trinajstić information content (AvgIpc) is 2.84. The van der Waals surface area contributed by atoms with Crippen molar-refractivity contribution in [2.24, 2.45) is 0 Å². The number of amides is 2.